The second-order valence-electron chi connectivity index (χ2n) is 4.88. The lowest BCUT2D eigenvalue weighted by Crippen LogP contribution is -2.39. The predicted molar refractivity (Wildman–Crippen MR) is 75.5 cm³/mol. The van der Waals surface area contributed by atoms with E-state index in [1.54, 1.807) is 17.0 Å². The van der Waals surface area contributed by atoms with Crippen LogP contribution in [0.5, 0.6) is 5.75 Å². The summed E-state index contributed by atoms with van der Waals surface area (Å²) in [7, 11) is -2.14. The maximum absolute atomic E-state index is 12.3. The summed E-state index contributed by atoms with van der Waals surface area (Å²) in [5, 5.41) is 0. The number of hydrogen-bond donors (Lipinski definition) is 0. The molecule has 1 aromatic rings. The zero-order valence-corrected chi connectivity index (χ0v) is 12.4. The fourth-order valence-corrected chi connectivity index (χ4v) is 3.53. The molecule has 5 nitrogen and oxygen atoms in total. The fourth-order valence-electron chi connectivity index (χ4n) is 2.28. The smallest absolute Gasteiger partial charge is 0.238 e. The first-order valence-corrected chi connectivity index (χ1v) is 8.33. The summed E-state index contributed by atoms with van der Waals surface area (Å²) in [5.74, 6) is -0.316. The van der Waals surface area contributed by atoms with Gasteiger partial charge in [0.25, 0.3) is 0 Å². The second-order valence-corrected chi connectivity index (χ2v) is 6.87. The molecule has 0 radical (unpaired) electrons. The van der Waals surface area contributed by atoms with Gasteiger partial charge < -0.3 is 9.64 Å². The summed E-state index contributed by atoms with van der Waals surface area (Å²) in [5.41, 5.74) is 0. The number of amides is 1. The van der Waals surface area contributed by atoms with Crippen LogP contribution in [0.4, 0.5) is 0 Å². The molecule has 1 aromatic carbocycles. The Hall–Kier alpha value is -1.56. The van der Waals surface area contributed by atoms with Crippen LogP contribution in [0.3, 0.4) is 0 Å². The highest BCUT2D eigenvalue weighted by molar-refractivity contribution is 7.92. The van der Waals surface area contributed by atoms with Gasteiger partial charge in [-0.1, -0.05) is 6.07 Å². The van der Waals surface area contributed by atoms with Crippen molar-refractivity contribution in [2.45, 2.75) is 24.2 Å². The van der Waals surface area contributed by atoms with Crippen LogP contribution in [0.1, 0.15) is 19.3 Å². The van der Waals surface area contributed by atoms with Gasteiger partial charge in [0.1, 0.15) is 11.5 Å². The van der Waals surface area contributed by atoms with Crippen molar-refractivity contribution in [1.29, 1.82) is 0 Å². The Kier molecular flexibility index (Phi) is 4.65. The number of nitrogens with zero attached hydrogens (tertiary/aromatic N) is 1. The summed E-state index contributed by atoms with van der Waals surface area (Å²) in [6.07, 6.45) is 3.00. The Morgan fingerprint density at radius 3 is 2.60 bits per heavy atom. The van der Waals surface area contributed by atoms with Crippen LogP contribution in [0, 0.1) is 0 Å². The minimum atomic E-state index is -3.61. The molecule has 110 valence electrons. The Labute approximate surface area is 119 Å². The van der Waals surface area contributed by atoms with Gasteiger partial charge in [-0.05, 0) is 37.5 Å². The largest absolute Gasteiger partial charge is 0.497 e. The number of piperidine rings is 1. The molecule has 1 saturated heterocycles. The van der Waals surface area contributed by atoms with Crippen LogP contribution in [0.15, 0.2) is 29.2 Å². The molecule has 2 rings (SSSR count). The van der Waals surface area contributed by atoms with Crippen molar-refractivity contribution < 1.29 is 17.9 Å². The quantitative estimate of drug-likeness (QED) is 0.844. The Morgan fingerprint density at radius 2 is 1.95 bits per heavy atom. The van der Waals surface area contributed by atoms with Gasteiger partial charge in [-0.3, -0.25) is 4.79 Å². The number of benzene rings is 1. The van der Waals surface area contributed by atoms with E-state index in [2.05, 4.69) is 0 Å². The van der Waals surface area contributed by atoms with E-state index in [-0.39, 0.29) is 10.8 Å². The average molecular weight is 297 g/mol. The lowest BCUT2D eigenvalue weighted by molar-refractivity contribution is -0.129. The monoisotopic (exact) mass is 297 g/mol. The zero-order chi connectivity index (χ0) is 14.6. The molecule has 0 unspecified atom stereocenters. The summed E-state index contributed by atoms with van der Waals surface area (Å²) >= 11 is 0. The molecular formula is C14H19NO4S. The molecular weight excluding hydrogens is 278 g/mol. The minimum absolute atomic E-state index is 0.127. The lowest BCUT2D eigenvalue weighted by Gasteiger charge is -2.26. The van der Waals surface area contributed by atoms with Crippen molar-refractivity contribution in [2.24, 2.45) is 0 Å². The number of likely N-dealkylation sites (tertiary alicyclic amines) is 1. The van der Waals surface area contributed by atoms with E-state index >= 15 is 0 Å². The molecule has 0 atom stereocenters. The SMILES string of the molecule is COc1cccc(S(=O)(=O)CC(=O)N2CCCCC2)c1. The molecule has 0 spiro atoms. The first kappa shape index (κ1) is 14.8. The minimum Gasteiger partial charge on any atom is -0.497 e. The van der Waals surface area contributed by atoms with Crippen molar-refractivity contribution in [1.82, 2.24) is 4.90 Å². The van der Waals surface area contributed by atoms with Crippen LogP contribution in [0.2, 0.25) is 0 Å². The van der Waals surface area contributed by atoms with Crippen LogP contribution in [-0.4, -0.2) is 45.2 Å². The average Bonchev–Trinajstić information content (AvgIpc) is 2.48. The Morgan fingerprint density at radius 1 is 1.25 bits per heavy atom. The number of ether oxygens (including phenoxy) is 1. The highest BCUT2D eigenvalue weighted by Crippen LogP contribution is 2.19. The molecule has 0 saturated carbocycles. The molecule has 20 heavy (non-hydrogen) atoms. The van der Waals surface area contributed by atoms with Crippen molar-refractivity contribution in [3.63, 3.8) is 0 Å². The van der Waals surface area contributed by atoms with E-state index < -0.39 is 15.6 Å². The van der Waals surface area contributed by atoms with Gasteiger partial charge in [-0.2, -0.15) is 0 Å². The van der Waals surface area contributed by atoms with Gasteiger partial charge in [-0.25, -0.2) is 8.42 Å². The number of methoxy groups -OCH3 is 1. The van der Waals surface area contributed by atoms with Crippen LogP contribution in [-0.2, 0) is 14.6 Å². The number of rotatable bonds is 4. The lowest BCUT2D eigenvalue weighted by atomic mass is 10.1. The van der Waals surface area contributed by atoms with Crippen LogP contribution >= 0.6 is 0 Å². The van der Waals surface area contributed by atoms with Gasteiger partial charge in [0.15, 0.2) is 9.84 Å². The van der Waals surface area contributed by atoms with E-state index in [4.69, 9.17) is 4.74 Å². The topological polar surface area (TPSA) is 63.7 Å². The molecule has 0 bridgehead atoms. The first-order chi connectivity index (χ1) is 9.53. The number of hydrogen-bond acceptors (Lipinski definition) is 4. The van der Waals surface area contributed by atoms with Crippen LogP contribution < -0.4 is 4.74 Å². The van der Waals surface area contributed by atoms with E-state index in [0.717, 1.165) is 19.3 Å². The summed E-state index contributed by atoms with van der Waals surface area (Å²) < 4.78 is 29.5. The summed E-state index contributed by atoms with van der Waals surface area (Å²) in [6, 6.07) is 6.21. The third-order valence-electron chi connectivity index (χ3n) is 3.42. The third kappa shape index (κ3) is 3.50. The Balaban J connectivity index is 2.11. The van der Waals surface area contributed by atoms with E-state index in [1.165, 1.54) is 19.2 Å². The first-order valence-electron chi connectivity index (χ1n) is 6.67. The van der Waals surface area contributed by atoms with Crippen molar-refractivity contribution in [3.8, 4) is 5.75 Å². The molecule has 1 aliphatic rings. The number of carbonyl (C=O) groups excluding carboxylic acids is 1. The van der Waals surface area contributed by atoms with Crippen molar-refractivity contribution in [2.75, 3.05) is 26.0 Å². The van der Waals surface area contributed by atoms with Crippen molar-refractivity contribution in [3.05, 3.63) is 24.3 Å². The molecule has 1 fully saturated rings. The molecule has 1 amide bonds. The molecule has 0 aliphatic carbocycles. The van der Waals surface area contributed by atoms with Gasteiger partial charge in [0.2, 0.25) is 5.91 Å². The third-order valence-corrected chi connectivity index (χ3v) is 5.02. The maximum Gasteiger partial charge on any atom is 0.238 e. The molecule has 0 N–H and O–H groups in total. The number of carbonyl (C=O) groups is 1. The maximum atomic E-state index is 12.3. The second kappa shape index (κ2) is 6.26. The van der Waals surface area contributed by atoms with Crippen molar-refractivity contribution >= 4 is 15.7 Å². The number of sulfone groups is 1. The molecule has 0 aromatic heterocycles. The zero-order valence-electron chi connectivity index (χ0n) is 11.5. The van der Waals surface area contributed by atoms with Gasteiger partial charge in [-0.15, -0.1) is 0 Å². The van der Waals surface area contributed by atoms with E-state index in [1.807, 2.05) is 0 Å². The Bertz CT molecular complexity index is 577. The molecule has 1 heterocycles. The highest BCUT2D eigenvalue weighted by Gasteiger charge is 2.24. The fraction of sp³-hybridized carbons (Fsp3) is 0.500. The predicted octanol–water partition coefficient (Wildman–Crippen LogP) is 1.48. The van der Waals surface area contributed by atoms with Crippen LogP contribution in [0.25, 0.3) is 0 Å². The highest BCUT2D eigenvalue weighted by atomic mass is 32.2. The van der Waals surface area contributed by atoms with Gasteiger partial charge in [0.05, 0.1) is 12.0 Å². The van der Waals surface area contributed by atoms with Gasteiger partial charge in [0, 0.05) is 13.1 Å². The normalized spacial score (nSPS) is 15.9. The van der Waals surface area contributed by atoms with E-state index in [0.29, 0.717) is 18.8 Å². The summed E-state index contributed by atoms with van der Waals surface area (Å²) in [6.45, 7) is 1.32. The standard InChI is InChI=1S/C14H19NO4S/c1-19-12-6-5-7-13(10-12)20(17,18)11-14(16)15-8-3-2-4-9-15/h5-7,10H,2-4,8-9,11H2,1H3. The summed E-state index contributed by atoms with van der Waals surface area (Å²) in [4.78, 5) is 13.8. The molecule has 1 aliphatic heterocycles. The van der Waals surface area contributed by atoms with Gasteiger partial charge >= 0.3 is 0 Å². The molecule has 6 heteroatoms. The van der Waals surface area contributed by atoms with E-state index in [9.17, 15) is 13.2 Å².